The van der Waals surface area contributed by atoms with Crippen LogP contribution in [0.25, 0.3) is 0 Å². The van der Waals surface area contributed by atoms with Gasteiger partial charge in [-0.2, -0.15) is 0 Å². The maximum atomic E-state index is 9.04. The Labute approximate surface area is 79.2 Å². The quantitative estimate of drug-likeness (QED) is 0.542. The Kier molecular flexibility index (Phi) is 5.44. The Morgan fingerprint density at radius 2 is 1.85 bits per heavy atom. The van der Waals surface area contributed by atoms with Crippen LogP contribution in [0.1, 0.15) is 19.4 Å². The summed E-state index contributed by atoms with van der Waals surface area (Å²) in [4.78, 5) is 0. The molecule has 0 aliphatic heterocycles. The summed E-state index contributed by atoms with van der Waals surface area (Å²) in [6, 6.07) is 4.74. The van der Waals surface area contributed by atoms with Crippen molar-refractivity contribution in [1.82, 2.24) is 0 Å². The number of aromatic hydroxyl groups is 2. The number of hydrogen-bond acceptors (Lipinski definition) is 2. The summed E-state index contributed by atoms with van der Waals surface area (Å²) >= 11 is 0. The van der Waals surface area contributed by atoms with Crippen molar-refractivity contribution in [3.63, 3.8) is 0 Å². The van der Waals surface area contributed by atoms with E-state index in [0.29, 0.717) is 6.42 Å². The first-order chi connectivity index (χ1) is 6.24. The number of benzene rings is 1. The molecule has 2 N–H and O–H groups in total. The van der Waals surface area contributed by atoms with Crippen LogP contribution in [0.2, 0.25) is 0 Å². The molecule has 0 atom stereocenters. The van der Waals surface area contributed by atoms with E-state index in [4.69, 9.17) is 10.2 Å². The van der Waals surface area contributed by atoms with E-state index in [2.05, 4.69) is 6.58 Å². The first-order valence-corrected chi connectivity index (χ1v) is 4.36. The van der Waals surface area contributed by atoms with Crippen molar-refractivity contribution < 1.29 is 10.2 Å². The minimum atomic E-state index is -0.0854. The normalized spacial score (nSPS) is 8.46. The summed E-state index contributed by atoms with van der Waals surface area (Å²) in [7, 11) is 0. The SMILES string of the molecule is C=CCc1ccc(O)c(O)c1.CC. The zero-order valence-corrected chi connectivity index (χ0v) is 8.12. The van der Waals surface area contributed by atoms with E-state index in [1.807, 2.05) is 13.8 Å². The zero-order valence-electron chi connectivity index (χ0n) is 8.12. The number of rotatable bonds is 2. The molecule has 0 unspecified atom stereocenters. The molecule has 2 heteroatoms. The van der Waals surface area contributed by atoms with Crippen LogP contribution in [-0.2, 0) is 6.42 Å². The summed E-state index contributed by atoms with van der Waals surface area (Å²) in [5, 5.41) is 18.0. The van der Waals surface area contributed by atoms with Crippen LogP contribution in [-0.4, -0.2) is 10.2 Å². The Morgan fingerprint density at radius 3 is 2.31 bits per heavy atom. The standard InChI is InChI=1S/C9H10O2.C2H6/c1-2-3-7-4-5-8(10)9(11)6-7;1-2/h2,4-6,10-11H,1,3H2;1-2H3. The zero-order chi connectivity index (χ0) is 10.3. The van der Waals surface area contributed by atoms with Gasteiger partial charge in [0.25, 0.3) is 0 Å². The lowest BCUT2D eigenvalue weighted by atomic mass is 10.1. The van der Waals surface area contributed by atoms with Crippen LogP contribution in [0.4, 0.5) is 0 Å². The summed E-state index contributed by atoms with van der Waals surface area (Å²) < 4.78 is 0. The Morgan fingerprint density at radius 1 is 1.23 bits per heavy atom. The average Bonchev–Trinajstić information content (AvgIpc) is 2.15. The van der Waals surface area contributed by atoms with Gasteiger partial charge in [0.05, 0.1) is 0 Å². The van der Waals surface area contributed by atoms with E-state index in [1.54, 1.807) is 12.1 Å². The second-order valence-electron chi connectivity index (χ2n) is 2.32. The molecule has 72 valence electrons. The molecule has 0 saturated heterocycles. The highest BCUT2D eigenvalue weighted by Crippen LogP contribution is 2.24. The van der Waals surface area contributed by atoms with Gasteiger partial charge >= 0.3 is 0 Å². The van der Waals surface area contributed by atoms with Crippen molar-refractivity contribution in [2.24, 2.45) is 0 Å². The van der Waals surface area contributed by atoms with Crippen LogP contribution in [0.3, 0.4) is 0 Å². The molecule has 0 fully saturated rings. The van der Waals surface area contributed by atoms with Gasteiger partial charge in [0.15, 0.2) is 11.5 Å². The third kappa shape index (κ3) is 3.65. The van der Waals surface area contributed by atoms with E-state index < -0.39 is 0 Å². The van der Waals surface area contributed by atoms with Gasteiger partial charge < -0.3 is 10.2 Å². The molecule has 1 aromatic rings. The fourth-order valence-corrected chi connectivity index (χ4v) is 0.863. The average molecular weight is 180 g/mol. The molecule has 0 saturated carbocycles. The highest BCUT2D eigenvalue weighted by Gasteiger charge is 1.97. The highest BCUT2D eigenvalue weighted by molar-refractivity contribution is 5.40. The van der Waals surface area contributed by atoms with Gasteiger partial charge in [-0.05, 0) is 24.1 Å². The molecule has 2 nitrogen and oxygen atoms in total. The van der Waals surface area contributed by atoms with Gasteiger partial charge in [-0.25, -0.2) is 0 Å². The molecule has 0 radical (unpaired) electrons. The maximum absolute atomic E-state index is 9.04. The van der Waals surface area contributed by atoms with Gasteiger partial charge in [-0.1, -0.05) is 26.0 Å². The molecule has 0 aliphatic carbocycles. The monoisotopic (exact) mass is 180 g/mol. The van der Waals surface area contributed by atoms with Crippen molar-refractivity contribution >= 4 is 0 Å². The van der Waals surface area contributed by atoms with Crippen LogP contribution in [0.15, 0.2) is 30.9 Å². The molecule has 1 aromatic carbocycles. The largest absolute Gasteiger partial charge is 0.504 e. The Hall–Kier alpha value is -1.44. The molecule has 0 aromatic heterocycles. The van der Waals surface area contributed by atoms with Crippen LogP contribution in [0.5, 0.6) is 11.5 Å². The van der Waals surface area contributed by atoms with E-state index >= 15 is 0 Å². The lowest BCUT2D eigenvalue weighted by Crippen LogP contribution is -1.79. The van der Waals surface area contributed by atoms with E-state index in [0.717, 1.165) is 5.56 Å². The molecule has 0 bridgehead atoms. The Bertz CT molecular complexity index is 267. The van der Waals surface area contributed by atoms with Gasteiger partial charge in [-0.15, -0.1) is 6.58 Å². The predicted octanol–water partition coefficient (Wildman–Crippen LogP) is 2.85. The number of phenols is 2. The lowest BCUT2D eigenvalue weighted by molar-refractivity contribution is 0.403. The summed E-state index contributed by atoms with van der Waals surface area (Å²) in [5.74, 6) is -0.165. The molecular formula is C11H16O2. The van der Waals surface area contributed by atoms with Crippen molar-refractivity contribution in [3.05, 3.63) is 36.4 Å². The first-order valence-electron chi connectivity index (χ1n) is 4.36. The number of phenolic OH excluding ortho intramolecular Hbond substituents is 2. The Balaban J connectivity index is 0.000000671. The molecular weight excluding hydrogens is 164 g/mol. The summed E-state index contributed by atoms with van der Waals surface area (Å²) in [6.45, 7) is 7.56. The van der Waals surface area contributed by atoms with Gasteiger partial charge in [-0.3, -0.25) is 0 Å². The van der Waals surface area contributed by atoms with Gasteiger partial charge in [0, 0.05) is 0 Å². The van der Waals surface area contributed by atoms with Crippen molar-refractivity contribution in [2.75, 3.05) is 0 Å². The molecule has 0 spiro atoms. The molecule has 1 rings (SSSR count). The van der Waals surface area contributed by atoms with Crippen LogP contribution < -0.4 is 0 Å². The predicted molar refractivity (Wildman–Crippen MR) is 55.0 cm³/mol. The second-order valence-corrected chi connectivity index (χ2v) is 2.32. The minimum absolute atomic E-state index is 0.0793. The minimum Gasteiger partial charge on any atom is -0.504 e. The van der Waals surface area contributed by atoms with E-state index in [9.17, 15) is 0 Å². The second kappa shape index (κ2) is 6.12. The van der Waals surface area contributed by atoms with Crippen molar-refractivity contribution in [2.45, 2.75) is 20.3 Å². The number of allylic oxidation sites excluding steroid dienone is 1. The topological polar surface area (TPSA) is 40.5 Å². The molecule has 0 amide bonds. The van der Waals surface area contributed by atoms with Gasteiger partial charge in [0.1, 0.15) is 0 Å². The van der Waals surface area contributed by atoms with Crippen molar-refractivity contribution in [3.8, 4) is 11.5 Å². The van der Waals surface area contributed by atoms with Crippen LogP contribution >= 0.6 is 0 Å². The third-order valence-electron chi connectivity index (χ3n) is 1.42. The number of hydrogen-bond donors (Lipinski definition) is 2. The first kappa shape index (κ1) is 11.6. The highest BCUT2D eigenvalue weighted by atomic mass is 16.3. The van der Waals surface area contributed by atoms with E-state index in [-0.39, 0.29) is 11.5 Å². The summed E-state index contributed by atoms with van der Waals surface area (Å²) in [5.41, 5.74) is 0.940. The molecule has 13 heavy (non-hydrogen) atoms. The van der Waals surface area contributed by atoms with Crippen LogP contribution in [0, 0.1) is 0 Å². The fraction of sp³-hybridized carbons (Fsp3) is 0.273. The van der Waals surface area contributed by atoms with E-state index in [1.165, 1.54) is 12.1 Å². The lowest BCUT2D eigenvalue weighted by Gasteiger charge is -1.99. The third-order valence-corrected chi connectivity index (χ3v) is 1.42. The van der Waals surface area contributed by atoms with Crippen molar-refractivity contribution in [1.29, 1.82) is 0 Å². The molecule has 0 aliphatic rings. The smallest absolute Gasteiger partial charge is 0.157 e. The van der Waals surface area contributed by atoms with Gasteiger partial charge in [0.2, 0.25) is 0 Å². The molecule has 0 heterocycles. The summed E-state index contributed by atoms with van der Waals surface area (Å²) in [6.07, 6.45) is 2.44. The maximum Gasteiger partial charge on any atom is 0.157 e. The fourth-order valence-electron chi connectivity index (χ4n) is 0.863.